The molecule has 0 saturated carbocycles. The first-order valence-electron chi connectivity index (χ1n) is 16.0. The van der Waals surface area contributed by atoms with Gasteiger partial charge in [0.15, 0.2) is 5.69 Å². The molecule has 234 valence electrons. The summed E-state index contributed by atoms with van der Waals surface area (Å²) in [5.41, 5.74) is 4.35. The molecule has 0 fully saturated rings. The van der Waals surface area contributed by atoms with Crippen LogP contribution in [0, 0.1) is 16.7 Å². The largest absolute Gasteiger partial charge is 0.361 e. The summed E-state index contributed by atoms with van der Waals surface area (Å²) in [6, 6.07) is 7.04. The highest BCUT2D eigenvalue weighted by atomic mass is 28.3. The predicted octanol–water partition coefficient (Wildman–Crippen LogP) is 7.98. The van der Waals surface area contributed by atoms with Crippen LogP contribution in [0.5, 0.6) is 0 Å². The molecular weight excluding hydrogens is 567 g/mol. The first kappa shape index (κ1) is 32.1. The summed E-state index contributed by atoms with van der Waals surface area (Å²) in [4.78, 5) is 23.3. The van der Waals surface area contributed by atoms with Gasteiger partial charge in [0.25, 0.3) is 5.91 Å². The van der Waals surface area contributed by atoms with E-state index < -0.39 is 19.6 Å². The van der Waals surface area contributed by atoms with E-state index in [4.69, 9.17) is 14.5 Å². The van der Waals surface area contributed by atoms with Crippen molar-refractivity contribution in [3.05, 3.63) is 65.5 Å². The maximum absolute atomic E-state index is 13.7. The molecule has 2 unspecified atom stereocenters. The van der Waals surface area contributed by atoms with Crippen LogP contribution < -0.4 is 5.32 Å². The van der Waals surface area contributed by atoms with E-state index in [0.717, 1.165) is 61.5 Å². The average Bonchev–Trinajstić information content (AvgIpc) is 3.53. The van der Waals surface area contributed by atoms with Gasteiger partial charge in [0, 0.05) is 27.3 Å². The van der Waals surface area contributed by atoms with Crippen molar-refractivity contribution in [3.8, 4) is 6.07 Å². The molecule has 1 N–H and O–H groups in total. The molecule has 2 aromatic rings. The quantitative estimate of drug-likeness (QED) is 0.157. The third-order valence-corrected chi connectivity index (χ3v) is 10.9. The zero-order valence-electron chi connectivity index (χ0n) is 27.4. The normalized spacial score (nSPS) is 24.0. The van der Waals surface area contributed by atoms with Gasteiger partial charge < -0.3 is 19.4 Å². The standard InChI is InChI=1S/C35H47N5O3Si/c1-8-34-16-17-35(9-2,43-34)21-26(20-34)28-10-11-29(30(38-28)25-12-14-33(3,4)15-13-25)39-32(41)31-37-27(22-36)23-40(31)24-42-18-19-44(5,6)7/h10-12,16-17,20,23H,8-9,13-15,18-19,21,24H2,1-7H3,(H,39,41). The third-order valence-electron chi connectivity index (χ3n) is 9.19. The van der Waals surface area contributed by atoms with Crippen molar-refractivity contribution in [2.75, 3.05) is 11.9 Å². The molecule has 0 saturated heterocycles. The van der Waals surface area contributed by atoms with Gasteiger partial charge in [-0.05, 0) is 72.9 Å². The molecule has 9 heteroatoms. The third kappa shape index (κ3) is 6.98. The molecule has 3 aliphatic rings. The first-order valence-corrected chi connectivity index (χ1v) is 19.7. The number of carbonyl (C=O) groups excluding carboxylic acids is 1. The monoisotopic (exact) mass is 613 g/mol. The molecule has 1 aliphatic carbocycles. The molecule has 44 heavy (non-hydrogen) atoms. The topological polar surface area (TPSA) is 102 Å². The fourth-order valence-corrected chi connectivity index (χ4v) is 6.85. The number of carbonyl (C=O) groups is 1. The van der Waals surface area contributed by atoms with Gasteiger partial charge in [-0.15, -0.1) is 0 Å². The average molecular weight is 614 g/mol. The van der Waals surface area contributed by atoms with Crippen molar-refractivity contribution in [2.45, 2.75) is 110 Å². The van der Waals surface area contributed by atoms with E-state index in [1.54, 1.807) is 10.8 Å². The number of hydrogen-bond donors (Lipinski definition) is 1. The Hall–Kier alpha value is -3.32. The lowest BCUT2D eigenvalue weighted by atomic mass is 9.77. The molecule has 4 heterocycles. The Labute approximate surface area is 263 Å². The number of nitrogens with zero attached hydrogens (tertiary/aromatic N) is 4. The summed E-state index contributed by atoms with van der Waals surface area (Å²) in [7, 11) is -1.26. The van der Waals surface area contributed by atoms with Crippen molar-refractivity contribution >= 4 is 30.8 Å². The second-order valence-corrected chi connectivity index (χ2v) is 20.2. The van der Waals surface area contributed by atoms with Gasteiger partial charge in [0.05, 0.1) is 22.7 Å². The molecular formula is C35H47N5O3Si. The summed E-state index contributed by atoms with van der Waals surface area (Å²) >= 11 is 0. The van der Waals surface area contributed by atoms with Crippen LogP contribution >= 0.6 is 0 Å². The number of amides is 1. The SMILES string of the molecule is CCC12C=CC(CC)(CC(c3ccc(NC(=O)c4nc(C#N)cn4COCC[Si](C)(C)C)c(C4=CCC(C)(C)CC4)n3)=C1)O2. The highest BCUT2D eigenvalue weighted by Crippen LogP contribution is 2.48. The minimum Gasteiger partial charge on any atom is -0.361 e. The van der Waals surface area contributed by atoms with E-state index in [-0.39, 0.29) is 29.3 Å². The number of hydrogen-bond acceptors (Lipinski definition) is 6. The Morgan fingerprint density at radius 1 is 1.16 bits per heavy atom. The zero-order chi connectivity index (χ0) is 31.8. The Balaban J connectivity index is 1.46. The highest BCUT2D eigenvalue weighted by molar-refractivity contribution is 6.76. The molecule has 2 atom stereocenters. The van der Waals surface area contributed by atoms with Gasteiger partial charge in [-0.25, -0.2) is 9.97 Å². The van der Waals surface area contributed by atoms with Crippen LogP contribution in [0.2, 0.25) is 25.7 Å². The van der Waals surface area contributed by atoms with Crippen LogP contribution in [0.15, 0.2) is 42.6 Å². The maximum Gasteiger partial charge on any atom is 0.291 e. The predicted molar refractivity (Wildman–Crippen MR) is 178 cm³/mol. The summed E-state index contributed by atoms with van der Waals surface area (Å²) in [6.07, 6.45) is 15.9. The number of allylic oxidation sites excluding steroid dienone is 2. The van der Waals surface area contributed by atoms with E-state index in [2.05, 4.69) is 88.0 Å². The summed E-state index contributed by atoms with van der Waals surface area (Å²) in [5.74, 6) is -0.247. The van der Waals surface area contributed by atoms with Crippen LogP contribution in [0.3, 0.4) is 0 Å². The van der Waals surface area contributed by atoms with Crippen molar-refractivity contribution in [3.63, 3.8) is 0 Å². The van der Waals surface area contributed by atoms with Crippen LogP contribution in [-0.4, -0.2) is 46.3 Å². The van der Waals surface area contributed by atoms with Crippen molar-refractivity contribution in [1.82, 2.24) is 14.5 Å². The Morgan fingerprint density at radius 3 is 2.61 bits per heavy atom. The number of nitrogens with one attached hydrogen (secondary N) is 1. The van der Waals surface area contributed by atoms with Crippen molar-refractivity contribution in [2.24, 2.45) is 5.41 Å². The summed E-state index contributed by atoms with van der Waals surface area (Å²) < 4.78 is 14.1. The van der Waals surface area contributed by atoms with E-state index in [1.165, 1.54) is 5.57 Å². The lowest BCUT2D eigenvalue weighted by Crippen LogP contribution is -2.39. The van der Waals surface area contributed by atoms with Gasteiger partial charge in [-0.2, -0.15) is 5.26 Å². The second kappa shape index (κ2) is 12.2. The molecule has 2 aliphatic heterocycles. The Bertz CT molecular complexity index is 1560. The fourth-order valence-electron chi connectivity index (χ4n) is 6.10. The number of rotatable bonds is 11. The lowest BCUT2D eigenvalue weighted by Gasteiger charge is -2.38. The summed E-state index contributed by atoms with van der Waals surface area (Å²) in [5, 5.41) is 12.6. The van der Waals surface area contributed by atoms with E-state index in [9.17, 15) is 10.1 Å². The molecule has 2 bridgehead atoms. The molecule has 0 radical (unpaired) electrons. The van der Waals surface area contributed by atoms with Crippen LogP contribution in [0.1, 0.15) is 93.9 Å². The number of fused-ring (bicyclic) bond motifs is 2. The van der Waals surface area contributed by atoms with Crippen LogP contribution in [-0.2, 0) is 16.2 Å². The number of ether oxygens (including phenoxy) is 2. The van der Waals surface area contributed by atoms with E-state index >= 15 is 0 Å². The highest BCUT2D eigenvalue weighted by Gasteiger charge is 2.46. The minimum absolute atomic E-state index is 0.146. The molecule has 5 rings (SSSR count). The number of imidazole rings is 1. The van der Waals surface area contributed by atoms with Gasteiger partial charge in [-0.1, -0.05) is 65.6 Å². The number of anilines is 1. The molecule has 8 nitrogen and oxygen atoms in total. The molecule has 0 spiro atoms. The van der Waals surface area contributed by atoms with Crippen LogP contribution in [0.25, 0.3) is 11.1 Å². The van der Waals surface area contributed by atoms with Crippen LogP contribution in [0.4, 0.5) is 5.69 Å². The first-order chi connectivity index (χ1) is 20.8. The molecule has 1 amide bonds. The van der Waals surface area contributed by atoms with Crippen molar-refractivity contribution < 1.29 is 14.3 Å². The van der Waals surface area contributed by atoms with Gasteiger partial charge in [-0.3, -0.25) is 4.79 Å². The lowest BCUT2D eigenvalue weighted by molar-refractivity contribution is -0.0711. The Kier molecular flexibility index (Phi) is 8.91. The van der Waals surface area contributed by atoms with Crippen molar-refractivity contribution in [1.29, 1.82) is 5.26 Å². The Morgan fingerprint density at radius 2 is 1.95 bits per heavy atom. The maximum atomic E-state index is 13.7. The number of pyridine rings is 1. The number of nitriles is 1. The smallest absolute Gasteiger partial charge is 0.291 e. The van der Waals surface area contributed by atoms with E-state index in [0.29, 0.717) is 12.3 Å². The van der Waals surface area contributed by atoms with Gasteiger partial charge >= 0.3 is 0 Å². The molecule has 2 aromatic heterocycles. The second-order valence-electron chi connectivity index (χ2n) is 14.5. The van der Waals surface area contributed by atoms with Gasteiger partial charge in [0.2, 0.25) is 5.82 Å². The zero-order valence-corrected chi connectivity index (χ0v) is 28.4. The number of aromatic nitrogens is 3. The minimum atomic E-state index is -1.26. The van der Waals surface area contributed by atoms with Gasteiger partial charge in [0.1, 0.15) is 18.4 Å². The fraction of sp³-hybridized carbons (Fsp3) is 0.543. The van der Waals surface area contributed by atoms with E-state index in [1.807, 2.05) is 12.1 Å². The summed E-state index contributed by atoms with van der Waals surface area (Å²) in [6.45, 7) is 16.5. The molecule has 0 aromatic carbocycles.